The Morgan fingerprint density at radius 3 is 2.73 bits per heavy atom. The van der Waals surface area contributed by atoms with Crippen LogP contribution in [0.1, 0.15) is 31.7 Å². The zero-order chi connectivity index (χ0) is 16.1. The molecule has 0 aliphatic carbocycles. The summed E-state index contributed by atoms with van der Waals surface area (Å²) in [5, 5.41) is 3.82. The van der Waals surface area contributed by atoms with Gasteiger partial charge in [0, 0.05) is 11.1 Å². The molecule has 1 aromatic rings. The smallest absolute Gasteiger partial charge is 0.261 e. The largest absolute Gasteiger partial charge is 0.481 e. The van der Waals surface area contributed by atoms with E-state index < -0.39 is 6.10 Å². The lowest BCUT2D eigenvalue weighted by Gasteiger charge is -2.30. The molecule has 0 aromatic heterocycles. The summed E-state index contributed by atoms with van der Waals surface area (Å²) >= 11 is 6.02. The van der Waals surface area contributed by atoms with Gasteiger partial charge in [-0.1, -0.05) is 18.5 Å². The lowest BCUT2D eigenvalue weighted by Crippen LogP contribution is -2.47. The number of likely N-dealkylation sites (tertiary alicyclic amines) is 1. The second-order valence-electron chi connectivity index (χ2n) is 6.01. The van der Waals surface area contributed by atoms with Gasteiger partial charge < -0.3 is 15.0 Å². The molecule has 0 bridgehead atoms. The van der Waals surface area contributed by atoms with Crippen LogP contribution in [0.3, 0.4) is 0 Å². The van der Waals surface area contributed by atoms with Gasteiger partial charge in [0.1, 0.15) is 5.75 Å². The Labute approximate surface area is 137 Å². The Kier molecular flexibility index (Phi) is 6.09. The number of hydrogen-bond acceptors (Lipinski definition) is 3. The van der Waals surface area contributed by atoms with Crippen molar-refractivity contribution in [3.05, 3.63) is 28.8 Å². The molecule has 1 heterocycles. The van der Waals surface area contributed by atoms with Gasteiger partial charge in [-0.3, -0.25) is 4.79 Å². The standard InChI is InChI=1S/C17H25ClN2O2/c1-4-16(22-14-5-6-15(18)12(2)11-14)17(21)19-13-7-9-20(3)10-8-13/h5-6,11,13,16H,4,7-10H2,1-3H3,(H,19,21)/t16-/m0/s1. The van der Waals surface area contributed by atoms with Gasteiger partial charge in [0.25, 0.3) is 5.91 Å². The van der Waals surface area contributed by atoms with Crippen LogP contribution in [0.5, 0.6) is 5.75 Å². The van der Waals surface area contributed by atoms with Crippen LogP contribution in [0, 0.1) is 6.92 Å². The maximum absolute atomic E-state index is 12.4. The molecule has 0 spiro atoms. The van der Waals surface area contributed by atoms with E-state index >= 15 is 0 Å². The van der Waals surface area contributed by atoms with E-state index in [1.165, 1.54) is 0 Å². The highest BCUT2D eigenvalue weighted by atomic mass is 35.5. The van der Waals surface area contributed by atoms with Crippen molar-refractivity contribution >= 4 is 17.5 Å². The molecule has 1 fully saturated rings. The van der Waals surface area contributed by atoms with Crippen molar-refractivity contribution in [3.63, 3.8) is 0 Å². The summed E-state index contributed by atoms with van der Waals surface area (Å²) in [6, 6.07) is 5.73. The molecule has 1 aliphatic heterocycles. The van der Waals surface area contributed by atoms with E-state index in [-0.39, 0.29) is 11.9 Å². The molecule has 0 radical (unpaired) electrons. The van der Waals surface area contributed by atoms with E-state index in [4.69, 9.17) is 16.3 Å². The zero-order valence-corrected chi connectivity index (χ0v) is 14.3. The van der Waals surface area contributed by atoms with Crippen LogP contribution in [0.15, 0.2) is 18.2 Å². The lowest BCUT2D eigenvalue weighted by atomic mass is 10.1. The Balaban J connectivity index is 1.92. The van der Waals surface area contributed by atoms with E-state index in [0.29, 0.717) is 17.2 Å². The van der Waals surface area contributed by atoms with Crippen LogP contribution in [-0.4, -0.2) is 43.1 Å². The second kappa shape index (κ2) is 7.84. The third-order valence-electron chi connectivity index (χ3n) is 4.14. The highest BCUT2D eigenvalue weighted by Crippen LogP contribution is 2.22. The van der Waals surface area contributed by atoms with Crippen molar-refractivity contribution in [1.29, 1.82) is 0 Å². The van der Waals surface area contributed by atoms with Crippen molar-refractivity contribution in [2.75, 3.05) is 20.1 Å². The summed E-state index contributed by atoms with van der Waals surface area (Å²) in [7, 11) is 2.11. The number of piperidine rings is 1. The number of hydrogen-bond donors (Lipinski definition) is 1. The zero-order valence-electron chi connectivity index (χ0n) is 13.6. The molecule has 0 unspecified atom stereocenters. The number of nitrogens with one attached hydrogen (secondary N) is 1. The molecule has 2 rings (SSSR count). The SMILES string of the molecule is CC[C@H](Oc1ccc(Cl)c(C)c1)C(=O)NC1CCN(C)CC1. The van der Waals surface area contributed by atoms with E-state index in [1.807, 2.05) is 19.9 Å². The molecule has 4 nitrogen and oxygen atoms in total. The van der Waals surface area contributed by atoms with Gasteiger partial charge in [-0.25, -0.2) is 0 Å². The molecule has 1 N–H and O–H groups in total. The quantitative estimate of drug-likeness (QED) is 0.905. The number of halogens is 1. The van der Waals surface area contributed by atoms with Gasteiger partial charge in [0.05, 0.1) is 0 Å². The van der Waals surface area contributed by atoms with Crippen molar-refractivity contribution in [1.82, 2.24) is 10.2 Å². The Bertz CT molecular complexity index is 513. The lowest BCUT2D eigenvalue weighted by molar-refractivity contribution is -0.129. The van der Waals surface area contributed by atoms with Crippen LogP contribution in [0.25, 0.3) is 0 Å². The third kappa shape index (κ3) is 4.62. The summed E-state index contributed by atoms with van der Waals surface area (Å²) in [5.41, 5.74) is 0.949. The van der Waals surface area contributed by atoms with E-state index in [2.05, 4.69) is 17.3 Å². The average Bonchev–Trinajstić information content (AvgIpc) is 2.50. The number of ether oxygens (including phenoxy) is 1. The summed E-state index contributed by atoms with van der Waals surface area (Å²) in [5.74, 6) is 0.664. The number of benzene rings is 1. The predicted molar refractivity (Wildman–Crippen MR) is 89.6 cm³/mol. The molecule has 1 amide bonds. The number of aryl methyl sites for hydroxylation is 1. The minimum atomic E-state index is -0.458. The fourth-order valence-electron chi connectivity index (χ4n) is 2.62. The normalized spacial score (nSPS) is 18.0. The summed E-state index contributed by atoms with van der Waals surface area (Å²) < 4.78 is 5.84. The van der Waals surface area contributed by atoms with Crippen LogP contribution in [-0.2, 0) is 4.79 Å². The fourth-order valence-corrected chi connectivity index (χ4v) is 2.74. The number of carbonyl (C=O) groups is 1. The minimum Gasteiger partial charge on any atom is -0.481 e. The summed E-state index contributed by atoms with van der Waals surface area (Å²) in [6.07, 6.45) is 2.18. The van der Waals surface area contributed by atoms with E-state index in [9.17, 15) is 4.79 Å². The highest BCUT2D eigenvalue weighted by Gasteiger charge is 2.24. The fraction of sp³-hybridized carbons (Fsp3) is 0.588. The molecular weight excluding hydrogens is 300 g/mol. The third-order valence-corrected chi connectivity index (χ3v) is 4.56. The Morgan fingerprint density at radius 2 is 2.14 bits per heavy atom. The number of carbonyl (C=O) groups excluding carboxylic acids is 1. The maximum Gasteiger partial charge on any atom is 0.261 e. The van der Waals surface area contributed by atoms with Crippen LogP contribution < -0.4 is 10.1 Å². The second-order valence-corrected chi connectivity index (χ2v) is 6.42. The van der Waals surface area contributed by atoms with Gasteiger partial charge in [0.2, 0.25) is 0 Å². The molecule has 1 atom stereocenters. The monoisotopic (exact) mass is 324 g/mol. The van der Waals surface area contributed by atoms with E-state index in [1.54, 1.807) is 12.1 Å². The topological polar surface area (TPSA) is 41.6 Å². The first kappa shape index (κ1) is 17.1. The summed E-state index contributed by atoms with van der Waals surface area (Å²) in [6.45, 7) is 5.94. The predicted octanol–water partition coefficient (Wildman–Crippen LogP) is 3.02. The molecule has 5 heteroatoms. The van der Waals surface area contributed by atoms with Crippen LogP contribution in [0.4, 0.5) is 0 Å². The van der Waals surface area contributed by atoms with Crippen molar-refractivity contribution in [3.8, 4) is 5.75 Å². The summed E-state index contributed by atoms with van der Waals surface area (Å²) in [4.78, 5) is 14.7. The molecule has 0 saturated carbocycles. The van der Waals surface area contributed by atoms with Crippen LogP contribution in [0.2, 0.25) is 5.02 Å². The minimum absolute atomic E-state index is 0.0235. The molecule has 22 heavy (non-hydrogen) atoms. The van der Waals surface area contributed by atoms with Crippen LogP contribution >= 0.6 is 11.6 Å². The number of rotatable bonds is 5. The molecule has 1 aliphatic rings. The van der Waals surface area contributed by atoms with Crippen molar-refractivity contribution < 1.29 is 9.53 Å². The molecular formula is C17H25ClN2O2. The Morgan fingerprint density at radius 1 is 1.45 bits per heavy atom. The first-order chi connectivity index (χ1) is 10.5. The van der Waals surface area contributed by atoms with Gasteiger partial charge in [-0.15, -0.1) is 0 Å². The van der Waals surface area contributed by atoms with Gasteiger partial charge in [-0.2, -0.15) is 0 Å². The average molecular weight is 325 g/mol. The van der Waals surface area contributed by atoms with Crippen molar-refractivity contribution in [2.45, 2.75) is 45.3 Å². The highest BCUT2D eigenvalue weighted by molar-refractivity contribution is 6.31. The first-order valence-corrected chi connectivity index (χ1v) is 8.29. The maximum atomic E-state index is 12.4. The van der Waals surface area contributed by atoms with Gasteiger partial charge in [-0.05, 0) is 70.1 Å². The van der Waals surface area contributed by atoms with Gasteiger partial charge >= 0.3 is 0 Å². The Hall–Kier alpha value is -1.26. The molecule has 1 aromatic carbocycles. The number of nitrogens with zero attached hydrogens (tertiary/aromatic N) is 1. The van der Waals surface area contributed by atoms with E-state index in [0.717, 1.165) is 31.5 Å². The molecule has 1 saturated heterocycles. The number of amides is 1. The van der Waals surface area contributed by atoms with Gasteiger partial charge in [0.15, 0.2) is 6.10 Å². The molecule has 122 valence electrons. The first-order valence-electron chi connectivity index (χ1n) is 7.91. The van der Waals surface area contributed by atoms with Crippen molar-refractivity contribution in [2.24, 2.45) is 0 Å².